The molecule has 1 aromatic carbocycles. The molecule has 0 amide bonds. The zero-order valence-electron chi connectivity index (χ0n) is 10.5. The number of halogens is 3. The van der Waals surface area contributed by atoms with Crippen LogP contribution in [0.25, 0.3) is 6.08 Å². The monoisotopic (exact) mass is 270 g/mol. The van der Waals surface area contributed by atoms with Crippen molar-refractivity contribution in [3.63, 3.8) is 0 Å². The van der Waals surface area contributed by atoms with Gasteiger partial charge in [-0.25, -0.2) is 0 Å². The molecule has 0 aromatic heterocycles. The molecule has 1 aliphatic carbocycles. The Morgan fingerprint density at radius 2 is 1.95 bits per heavy atom. The van der Waals surface area contributed by atoms with Crippen LogP contribution in [0.5, 0.6) is 0 Å². The van der Waals surface area contributed by atoms with E-state index in [4.69, 9.17) is 11.5 Å². The molecule has 4 N–H and O–H groups in total. The SMILES string of the molecule is NCC(N)CC1=Cc2cc(C(F)(F)F)ccc2CC1. The number of benzene rings is 1. The minimum atomic E-state index is -4.30. The molecule has 0 fully saturated rings. The molecule has 1 aromatic rings. The van der Waals surface area contributed by atoms with Gasteiger partial charge >= 0.3 is 6.18 Å². The Morgan fingerprint density at radius 1 is 1.21 bits per heavy atom. The smallest absolute Gasteiger partial charge is 0.329 e. The molecule has 0 heterocycles. The fraction of sp³-hybridized carbons (Fsp3) is 0.429. The lowest BCUT2D eigenvalue weighted by Gasteiger charge is -2.20. The summed E-state index contributed by atoms with van der Waals surface area (Å²) in [6, 6.07) is 3.79. The number of hydrogen-bond donors (Lipinski definition) is 2. The van der Waals surface area contributed by atoms with Crippen LogP contribution in [-0.2, 0) is 12.6 Å². The van der Waals surface area contributed by atoms with Gasteiger partial charge in [0.05, 0.1) is 5.56 Å². The van der Waals surface area contributed by atoms with Gasteiger partial charge in [-0.3, -0.25) is 0 Å². The maximum absolute atomic E-state index is 12.7. The zero-order chi connectivity index (χ0) is 14.0. The number of nitrogens with two attached hydrogens (primary N) is 2. The second-order valence-corrected chi connectivity index (χ2v) is 4.91. The summed E-state index contributed by atoms with van der Waals surface area (Å²) in [5, 5.41) is 0. The molecule has 2 nitrogen and oxygen atoms in total. The largest absolute Gasteiger partial charge is 0.416 e. The van der Waals surface area contributed by atoms with E-state index in [2.05, 4.69) is 0 Å². The number of hydrogen-bond acceptors (Lipinski definition) is 2. The fourth-order valence-corrected chi connectivity index (χ4v) is 2.30. The van der Waals surface area contributed by atoms with Crippen LogP contribution in [0.2, 0.25) is 0 Å². The third kappa shape index (κ3) is 3.36. The first-order valence-corrected chi connectivity index (χ1v) is 6.25. The Labute approximate surface area is 110 Å². The molecule has 1 unspecified atom stereocenters. The molecule has 0 bridgehead atoms. The number of rotatable bonds is 3. The van der Waals surface area contributed by atoms with Crippen molar-refractivity contribution >= 4 is 6.08 Å². The van der Waals surface area contributed by atoms with Crippen LogP contribution in [0.1, 0.15) is 29.5 Å². The van der Waals surface area contributed by atoms with Crippen LogP contribution in [-0.4, -0.2) is 12.6 Å². The van der Waals surface area contributed by atoms with Gasteiger partial charge in [0.2, 0.25) is 0 Å². The van der Waals surface area contributed by atoms with E-state index in [-0.39, 0.29) is 6.04 Å². The highest BCUT2D eigenvalue weighted by Crippen LogP contribution is 2.33. The number of fused-ring (bicyclic) bond motifs is 1. The summed E-state index contributed by atoms with van der Waals surface area (Å²) >= 11 is 0. The van der Waals surface area contributed by atoms with Crippen LogP contribution >= 0.6 is 0 Å². The molecule has 1 atom stereocenters. The Balaban J connectivity index is 2.27. The molecular formula is C14H17F3N2. The molecule has 0 aliphatic heterocycles. The van der Waals surface area contributed by atoms with Crippen molar-refractivity contribution in [3.05, 3.63) is 40.5 Å². The minimum absolute atomic E-state index is 0.126. The third-order valence-electron chi connectivity index (χ3n) is 3.38. The van der Waals surface area contributed by atoms with Crippen molar-refractivity contribution in [2.24, 2.45) is 11.5 Å². The predicted octanol–water partition coefficient (Wildman–Crippen LogP) is 2.71. The Hall–Kier alpha value is -1.33. The summed E-state index contributed by atoms with van der Waals surface area (Å²) in [7, 11) is 0. The van der Waals surface area contributed by atoms with Gasteiger partial charge in [-0.1, -0.05) is 17.7 Å². The zero-order valence-corrected chi connectivity index (χ0v) is 10.5. The van der Waals surface area contributed by atoms with E-state index < -0.39 is 11.7 Å². The Bertz CT molecular complexity index is 492. The van der Waals surface area contributed by atoms with E-state index >= 15 is 0 Å². The molecule has 19 heavy (non-hydrogen) atoms. The van der Waals surface area contributed by atoms with E-state index in [0.29, 0.717) is 18.5 Å². The molecule has 0 saturated heterocycles. The maximum atomic E-state index is 12.7. The van der Waals surface area contributed by atoms with Gasteiger partial charge in [-0.2, -0.15) is 13.2 Å². The normalized spacial score (nSPS) is 16.8. The second kappa shape index (κ2) is 5.35. The molecule has 104 valence electrons. The van der Waals surface area contributed by atoms with E-state index in [9.17, 15) is 13.2 Å². The second-order valence-electron chi connectivity index (χ2n) is 4.91. The first-order valence-electron chi connectivity index (χ1n) is 6.25. The molecule has 0 spiro atoms. The van der Waals surface area contributed by atoms with Crippen LogP contribution < -0.4 is 11.5 Å². The third-order valence-corrected chi connectivity index (χ3v) is 3.38. The maximum Gasteiger partial charge on any atom is 0.416 e. The highest BCUT2D eigenvalue weighted by atomic mass is 19.4. The first kappa shape index (κ1) is 14.1. The highest BCUT2D eigenvalue weighted by Gasteiger charge is 2.31. The van der Waals surface area contributed by atoms with Gasteiger partial charge in [0.15, 0.2) is 0 Å². The van der Waals surface area contributed by atoms with Gasteiger partial charge in [0, 0.05) is 12.6 Å². The molecule has 0 radical (unpaired) electrons. The predicted molar refractivity (Wildman–Crippen MR) is 69.4 cm³/mol. The summed E-state index contributed by atoms with van der Waals surface area (Å²) < 4.78 is 38.0. The van der Waals surface area contributed by atoms with E-state index in [1.807, 2.05) is 6.08 Å². The summed E-state index contributed by atoms with van der Waals surface area (Å²) in [5.41, 5.74) is 13.3. The molecule has 2 rings (SSSR count). The van der Waals surface area contributed by atoms with Crippen LogP contribution in [0.15, 0.2) is 23.8 Å². The van der Waals surface area contributed by atoms with E-state index in [0.717, 1.165) is 30.0 Å². The molecule has 0 saturated carbocycles. The summed E-state index contributed by atoms with van der Waals surface area (Å²) in [6.45, 7) is 0.382. The van der Waals surface area contributed by atoms with Crippen LogP contribution in [0.3, 0.4) is 0 Å². The van der Waals surface area contributed by atoms with E-state index in [1.165, 1.54) is 6.07 Å². The lowest BCUT2D eigenvalue weighted by molar-refractivity contribution is -0.137. The fourth-order valence-electron chi connectivity index (χ4n) is 2.30. The van der Waals surface area contributed by atoms with Crippen molar-refractivity contribution in [1.82, 2.24) is 0 Å². The summed E-state index contributed by atoms with van der Waals surface area (Å²) in [5.74, 6) is 0. The lowest BCUT2D eigenvalue weighted by Crippen LogP contribution is -2.30. The van der Waals surface area contributed by atoms with E-state index in [1.54, 1.807) is 6.07 Å². The Kier molecular flexibility index (Phi) is 3.96. The van der Waals surface area contributed by atoms with Crippen molar-refractivity contribution in [1.29, 1.82) is 0 Å². The minimum Gasteiger partial charge on any atom is -0.329 e. The standard InChI is InChI=1S/C14H17F3N2/c15-14(16,17)12-4-3-10-2-1-9(5-11(10)7-12)6-13(19)8-18/h3-5,7,13H,1-2,6,8,18-19H2. The van der Waals surface area contributed by atoms with Gasteiger partial charge in [0.1, 0.15) is 0 Å². The van der Waals surface area contributed by atoms with Crippen molar-refractivity contribution in [2.45, 2.75) is 31.5 Å². The molecule has 1 aliphatic rings. The van der Waals surface area contributed by atoms with Crippen molar-refractivity contribution in [3.8, 4) is 0 Å². The van der Waals surface area contributed by atoms with Gasteiger partial charge in [0.25, 0.3) is 0 Å². The summed E-state index contributed by atoms with van der Waals surface area (Å²) in [4.78, 5) is 0. The topological polar surface area (TPSA) is 52.0 Å². The highest BCUT2D eigenvalue weighted by molar-refractivity contribution is 5.60. The average Bonchev–Trinajstić information content (AvgIpc) is 2.36. The van der Waals surface area contributed by atoms with Crippen molar-refractivity contribution < 1.29 is 13.2 Å². The van der Waals surface area contributed by atoms with Crippen LogP contribution in [0.4, 0.5) is 13.2 Å². The molecular weight excluding hydrogens is 253 g/mol. The first-order chi connectivity index (χ1) is 8.90. The number of alkyl halides is 3. The van der Waals surface area contributed by atoms with Gasteiger partial charge < -0.3 is 11.5 Å². The van der Waals surface area contributed by atoms with Gasteiger partial charge in [-0.05, 0) is 42.5 Å². The quantitative estimate of drug-likeness (QED) is 0.887. The summed E-state index contributed by atoms with van der Waals surface area (Å²) in [6.07, 6.45) is -0.230. The van der Waals surface area contributed by atoms with Gasteiger partial charge in [-0.15, -0.1) is 0 Å². The molecule has 5 heteroatoms. The van der Waals surface area contributed by atoms with Crippen LogP contribution in [0, 0.1) is 0 Å². The average molecular weight is 270 g/mol. The Morgan fingerprint density at radius 3 is 2.58 bits per heavy atom. The number of aryl methyl sites for hydroxylation is 1. The van der Waals surface area contributed by atoms with Crippen molar-refractivity contribution in [2.75, 3.05) is 6.54 Å². The lowest BCUT2D eigenvalue weighted by atomic mass is 9.88.